The third kappa shape index (κ3) is 4.32. The minimum atomic E-state index is 0.122. The second-order valence-electron chi connectivity index (χ2n) is 5.17. The van der Waals surface area contributed by atoms with Gasteiger partial charge in [0.05, 0.1) is 6.61 Å². The molecule has 0 unspecified atom stereocenters. The Morgan fingerprint density at radius 3 is 2.80 bits per heavy atom. The van der Waals surface area contributed by atoms with Crippen LogP contribution in [0.4, 0.5) is 0 Å². The fourth-order valence-electron chi connectivity index (χ4n) is 2.39. The van der Waals surface area contributed by atoms with Crippen LogP contribution >= 0.6 is 11.3 Å². The van der Waals surface area contributed by atoms with Crippen LogP contribution in [-0.2, 0) is 6.54 Å². The maximum absolute atomic E-state index is 9.04. The average molecular weight is 293 g/mol. The third-order valence-electron chi connectivity index (χ3n) is 3.75. The van der Waals surface area contributed by atoms with Crippen molar-refractivity contribution in [3.05, 3.63) is 21.9 Å². The van der Waals surface area contributed by atoms with Crippen LogP contribution < -0.4 is 0 Å². The first-order valence-corrected chi connectivity index (χ1v) is 8.24. The van der Waals surface area contributed by atoms with Crippen LogP contribution in [-0.4, -0.2) is 40.9 Å². The Labute approximate surface area is 125 Å². The van der Waals surface area contributed by atoms with Crippen LogP contribution in [0.2, 0.25) is 0 Å². The summed E-state index contributed by atoms with van der Waals surface area (Å²) >= 11 is 1.75. The smallest absolute Gasteiger partial charge is 0.0540 e. The number of thiophene rings is 1. The fraction of sp³-hybridized carbons (Fsp3) is 0.625. The SMILES string of the molecule is OCCC#Cc1ccsc1CN(CCCO)C1CCC1. The Morgan fingerprint density at radius 1 is 1.30 bits per heavy atom. The molecule has 1 aromatic heterocycles. The van der Waals surface area contributed by atoms with Crippen LogP contribution in [0.25, 0.3) is 0 Å². The van der Waals surface area contributed by atoms with Gasteiger partial charge >= 0.3 is 0 Å². The molecule has 20 heavy (non-hydrogen) atoms. The van der Waals surface area contributed by atoms with Crippen molar-refractivity contribution < 1.29 is 10.2 Å². The van der Waals surface area contributed by atoms with Gasteiger partial charge in [0, 0.05) is 42.6 Å². The monoisotopic (exact) mass is 293 g/mol. The van der Waals surface area contributed by atoms with Crippen LogP contribution in [0.5, 0.6) is 0 Å². The molecule has 1 aliphatic carbocycles. The number of hydrogen-bond acceptors (Lipinski definition) is 4. The molecule has 1 aromatic rings. The third-order valence-corrected chi connectivity index (χ3v) is 4.65. The molecule has 2 N–H and O–H groups in total. The van der Waals surface area contributed by atoms with Gasteiger partial charge in [0.25, 0.3) is 0 Å². The fourth-order valence-corrected chi connectivity index (χ4v) is 3.24. The Bertz CT molecular complexity index is 457. The summed E-state index contributed by atoms with van der Waals surface area (Å²) in [6, 6.07) is 2.75. The standard InChI is InChI=1S/C16H23NO2S/c18-10-2-1-5-14-8-12-20-16(14)13-17(9-4-11-19)15-6-3-7-15/h8,12,15,18-19H,2-4,6-7,9-11,13H2. The van der Waals surface area contributed by atoms with Gasteiger partial charge in [-0.3, -0.25) is 4.90 Å². The van der Waals surface area contributed by atoms with E-state index in [2.05, 4.69) is 28.2 Å². The van der Waals surface area contributed by atoms with Crippen molar-refractivity contribution in [1.82, 2.24) is 4.90 Å². The van der Waals surface area contributed by atoms with Crippen molar-refractivity contribution in [2.45, 2.75) is 44.7 Å². The number of nitrogens with zero attached hydrogens (tertiary/aromatic N) is 1. The highest BCUT2D eigenvalue weighted by molar-refractivity contribution is 7.10. The molecule has 1 heterocycles. The largest absolute Gasteiger partial charge is 0.396 e. The molecule has 0 atom stereocenters. The minimum Gasteiger partial charge on any atom is -0.396 e. The lowest BCUT2D eigenvalue weighted by atomic mass is 9.91. The van der Waals surface area contributed by atoms with Gasteiger partial charge in [-0.05, 0) is 30.7 Å². The summed E-state index contributed by atoms with van der Waals surface area (Å²) < 4.78 is 0. The second kappa shape index (κ2) is 8.43. The van der Waals surface area contributed by atoms with Gasteiger partial charge in [-0.2, -0.15) is 0 Å². The summed E-state index contributed by atoms with van der Waals surface area (Å²) in [6.07, 6.45) is 5.26. The lowest BCUT2D eigenvalue weighted by Crippen LogP contribution is -2.40. The van der Waals surface area contributed by atoms with Crippen LogP contribution in [0.15, 0.2) is 11.4 Å². The summed E-state index contributed by atoms with van der Waals surface area (Å²) in [7, 11) is 0. The van der Waals surface area contributed by atoms with Crippen LogP contribution in [0.1, 0.15) is 42.5 Å². The van der Waals surface area contributed by atoms with Crippen molar-refractivity contribution in [2.24, 2.45) is 0 Å². The van der Waals surface area contributed by atoms with Gasteiger partial charge in [0.2, 0.25) is 0 Å². The number of hydrogen-bond donors (Lipinski definition) is 2. The first kappa shape index (κ1) is 15.5. The Kier molecular flexibility index (Phi) is 6.55. The van der Waals surface area contributed by atoms with E-state index in [-0.39, 0.29) is 13.2 Å². The lowest BCUT2D eigenvalue weighted by Gasteiger charge is -2.37. The summed E-state index contributed by atoms with van der Waals surface area (Å²) in [5.41, 5.74) is 1.09. The zero-order valence-corrected chi connectivity index (χ0v) is 12.7. The molecule has 110 valence electrons. The van der Waals surface area contributed by atoms with Gasteiger partial charge < -0.3 is 10.2 Å². The van der Waals surface area contributed by atoms with Crippen molar-refractivity contribution in [3.63, 3.8) is 0 Å². The van der Waals surface area contributed by atoms with E-state index >= 15 is 0 Å². The van der Waals surface area contributed by atoms with E-state index in [1.807, 2.05) is 0 Å². The maximum Gasteiger partial charge on any atom is 0.0540 e. The van der Waals surface area contributed by atoms with Crippen molar-refractivity contribution in [1.29, 1.82) is 0 Å². The number of aliphatic hydroxyl groups excluding tert-OH is 2. The van der Waals surface area contributed by atoms with E-state index in [0.29, 0.717) is 12.5 Å². The van der Waals surface area contributed by atoms with E-state index in [1.54, 1.807) is 11.3 Å². The zero-order chi connectivity index (χ0) is 14.2. The van der Waals surface area contributed by atoms with Gasteiger partial charge in [0.15, 0.2) is 0 Å². The molecule has 0 spiro atoms. The first-order valence-electron chi connectivity index (χ1n) is 7.36. The summed E-state index contributed by atoms with van der Waals surface area (Å²) in [5, 5.41) is 19.9. The molecule has 0 aromatic carbocycles. The molecule has 1 saturated carbocycles. The average Bonchev–Trinajstić information content (AvgIpc) is 2.82. The van der Waals surface area contributed by atoms with E-state index < -0.39 is 0 Å². The van der Waals surface area contributed by atoms with E-state index in [4.69, 9.17) is 10.2 Å². The molecule has 3 nitrogen and oxygen atoms in total. The zero-order valence-electron chi connectivity index (χ0n) is 11.8. The Hall–Kier alpha value is -0.860. The lowest BCUT2D eigenvalue weighted by molar-refractivity contribution is 0.110. The molecule has 0 aliphatic heterocycles. The second-order valence-corrected chi connectivity index (χ2v) is 6.17. The highest BCUT2D eigenvalue weighted by Gasteiger charge is 2.25. The Morgan fingerprint density at radius 2 is 2.15 bits per heavy atom. The molecule has 4 heteroatoms. The topological polar surface area (TPSA) is 43.7 Å². The number of aliphatic hydroxyl groups is 2. The van der Waals surface area contributed by atoms with Gasteiger partial charge in [-0.15, -0.1) is 11.3 Å². The first-order chi connectivity index (χ1) is 9.85. The van der Waals surface area contributed by atoms with Gasteiger partial charge in [-0.1, -0.05) is 18.3 Å². The van der Waals surface area contributed by atoms with Gasteiger partial charge in [-0.25, -0.2) is 0 Å². The quantitative estimate of drug-likeness (QED) is 0.758. The number of rotatable bonds is 7. The molecule has 2 rings (SSSR count). The molecular formula is C16H23NO2S. The highest BCUT2D eigenvalue weighted by Crippen LogP contribution is 2.28. The van der Waals surface area contributed by atoms with E-state index in [0.717, 1.165) is 25.1 Å². The molecular weight excluding hydrogens is 270 g/mol. The summed E-state index contributed by atoms with van der Waals surface area (Å²) in [6.45, 7) is 2.28. The minimum absolute atomic E-state index is 0.122. The summed E-state index contributed by atoms with van der Waals surface area (Å²) in [5.74, 6) is 6.15. The Balaban J connectivity index is 1.99. The molecule has 1 aliphatic rings. The van der Waals surface area contributed by atoms with Gasteiger partial charge in [0.1, 0.15) is 0 Å². The van der Waals surface area contributed by atoms with Crippen molar-refractivity contribution in [2.75, 3.05) is 19.8 Å². The summed E-state index contributed by atoms with van der Waals surface area (Å²) in [4.78, 5) is 3.79. The van der Waals surface area contributed by atoms with Crippen molar-refractivity contribution in [3.8, 4) is 11.8 Å². The highest BCUT2D eigenvalue weighted by atomic mass is 32.1. The molecule has 0 radical (unpaired) electrons. The van der Waals surface area contributed by atoms with Crippen LogP contribution in [0.3, 0.4) is 0 Å². The van der Waals surface area contributed by atoms with Crippen LogP contribution in [0, 0.1) is 11.8 Å². The van der Waals surface area contributed by atoms with Crippen molar-refractivity contribution >= 4 is 11.3 Å². The molecule has 0 saturated heterocycles. The molecule has 0 amide bonds. The van der Waals surface area contributed by atoms with E-state index in [9.17, 15) is 0 Å². The maximum atomic E-state index is 9.04. The predicted octanol–water partition coefficient (Wildman–Crippen LogP) is 2.22. The van der Waals surface area contributed by atoms with E-state index in [1.165, 1.54) is 24.1 Å². The predicted molar refractivity (Wildman–Crippen MR) is 82.7 cm³/mol. The normalized spacial score (nSPS) is 14.9. The molecule has 1 fully saturated rings. The molecule has 0 bridgehead atoms.